The maximum Gasteiger partial charge on any atom is 0.251 e. The fourth-order valence-corrected chi connectivity index (χ4v) is 3.37. The van der Waals surface area contributed by atoms with Crippen molar-refractivity contribution in [1.29, 1.82) is 0 Å². The van der Waals surface area contributed by atoms with E-state index in [1.807, 2.05) is 49.7 Å². The van der Waals surface area contributed by atoms with E-state index in [1.165, 1.54) is 6.07 Å². The molecule has 1 N–H and O–H groups in total. The van der Waals surface area contributed by atoms with Gasteiger partial charge < -0.3 is 5.32 Å². The van der Waals surface area contributed by atoms with Crippen molar-refractivity contribution in [2.24, 2.45) is 0 Å². The van der Waals surface area contributed by atoms with Crippen molar-refractivity contribution in [2.45, 2.75) is 59.5 Å². The van der Waals surface area contributed by atoms with Crippen molar-refractivity contribution in [3.05, 3.63) is 65.6 Å². The van der Waals surface area contributed by atoms with Gasteiger partial charge in [-0.3, -0.25) is 9.48 Å². The minimum atomic E-state index is -0.354. The molecule has 4 nitrogen and oxygen atoms in total. The average Bonchev–Trinajstić information content (AvgIpc) is 3.12. The van der Waals surface area contributed by atoms with E-state index in [0.29, 0.717) is 11.1 Å². The lowest BCUT2D eigenvalue weighted by Gasteiger charge is -2.24. The second kappa shape index (κ2) is 7.71. The van der Waals surface area contributed by atoms with Gasteiger partial charge in [0.05, 0.1) is 11.2 Å². The molecule has 1 aromatic heterocycles. The largest absolute Gasteiger partial charge is 0.347 e. The Morgan fingerprint density at radius 3 is 2.20 bits per heavy atom. The van der Waals surface area contributed by atoms with Crippen LogP contribution in [0.25, 0.3) is 22.4 Å². The molecule has 1 amide bonds. The van der Waals surface area contributed by atoms with E-state index in [-0.39, 0.29) is 22.8 Å². The summed E-state index contributed by atoms with van der Waals surface area (Å²) in [4.78, 5) is 13.0. The Kier molecular flexibility index (Phi) is 5.59. The van der Waals surface area contributed by atoms with Crippen molar-refractivity contribution in [3.63, 3.8) is 0 Å². The molecule has 0 unspecified atom stereocenters. The molecular weight excluding hydrogens is 377 g/mol. The lowest BCUT2D eigenvalue weighted by Crippen LogP contribution is -2.40. The zero-order valence-corrected chi connectivity index (χ0v) is 18.8. The third-order valence-corrected chi connectivity index (χ3v) is 4.75. The SMILES string of the molecule is Cc1cc(-c2cc(C(=O)NC(C)(C)C)cc(-c3ccnn3C(C)(C)C)c2)ccc1F. The predicted octanol–water partition coefficient (Wildman–Crippen LogP) is 5.95. The smallest absolute Gasteiger partial charge is 0.251 e. The molecule has 0 fully saturated rings. The molecule has 1 heterocycles. The van der Waals surface area contributed by atoms with Crippen LogP contribution >= 0.6 is 0 Å². The van der Waals surface area contributed by atoms with Crippen LogP contribution in [0.3, 0.4) is 0 Å². The molecule has 0 spiro atoms. The quantitative estimate of drug-likeness (QED) is 0.583. The standard InChI is InChI=1S/C25H30FN3O/c1-16-12-17(8-9-21(16)26)18-13-19(22-10-11-27-29(22)25(5,6)7)15-20(14-18)23(30)28-24(2,3)4/h8-15H,1-7H3,(H,28,30). The number of aryl methyl sites for hydroxylation is 1. The Morgan fingerprint density at radius 1 is 0.933 bits per heavy atom. The van der Waals surface area contributed by atoms with Crippen LogP contribution < -0.4 is 5.32 Å². The first-order valence-corrected chi connectivity index (χ1v) is 10.1. The van der Waals surface area contributed by atoms with Crippen LogP contribution in [0.15, 0.2) is 48.7 Å². The molecule has 158 valence electrons. The van der Waals surface area contributed by atoms with Gasteiger partial charge in [-0.05, 0) is 102 Å². The average molecular weight is 408 g/mol. The number of rotatable bonds is 3. The van der Waals surface area contributed by atoms with Crippen molar-refractivity contribution in [3.8, 4) is 22.4 Å². The van der Waals surface area contributed by atoms with Crippen LogP contribution in [-0.4, -0.2) is 21.2 Å². The molecule has 0 saturated carbocycles. The minimum Gasteiger partial charge on any atom is -0.347 e. The highest BCUT2D eigenvalue weighted by Crippen LogP contribution is 2.31. The Balaban J connectivity index is 2.20. The monoisotopic (exact) mass is 407 g/mol. The number of aromatic nitrogens is 2. The molecule has 0 bridgehead atoms. The molecule has 0 saturated heterocycles. The third kappa shape index (κ3) is 4.78. The van der Waals surface area contributed by atoms with Gasteiger partial charge in [0.2, 0.25) is 0 Å². The van der Waals surface area contributed by atoms with Crippen molar-refractivity contribution in [1.82, 2.24) is 15.1 Å². The Labute approximate surface area is 178 Å². The van der Waals surface area contributed by atoms with E-state index >= 15 is 0 Å². The summed E-state index contributed by atoms with van der Waals surface area (Å²) >= 11 is 0. The van der Waals surface area contributed by atoms with E-state index in [0.717, 1.165) is 22.4 Å². The van der Waals surface area contributed by atoms with Crippen LogP contribution in [0.5, 0.6) is 0 Å². The predicted molar refractivity (Wildman–Crippen MR) is 120 cm³/mol. The first-order chi connectivity index (χ1) is 13.8. The third-order valence-electron chi connectivity index (χ3n) is 4.75. The molecule has 0 aliphatic heterocycles. The molecule has 3 aromatic rings. The molecule has 5 heteroatoms. The summed E-state index contributed by atoms with van der Waals surface area (Å²) in [6.07, 6.45) is 1.77. The number of carbonyl (C=O) groups is 1. The highest BCUT2D eigenvalue weighted by molar-refractivity contribution is 5.97. The lowest BCUT2D eigenvalue weighted by atomic mass is 9.96. The van der Waals surface area contributed by atoms with Gasteiger partial charge in [0, 0.05) is 22.9 Å². The molecular formula is C25H30FN3O. The highest BCUT2D eigenvalue weighted by Gasteiger charge is 2.21. The number of nitrogens with one attached hydrogen (secondary N) is 1. The van der Waals surface area contributed by atoms with Gasteiger partial charge in [0.1, 0.15) is 5.82 Å². The summed E-state index contributed by atoms with van der Waals surface area (Å²) in [6, 6.07) is 12.7. The second-order valence-corrected chi connectivity index (χ2v) is 9.77. The zero-order valence-electron chi connectivity index (χ0n) is 18.8. The molecule has 0 radical (unpaired) electrons. The van der Waals surface area contributed by atoms with E-state index < -0.39 is 0 Å². The van der Waals surface area contributed by atoms with Gasteiger partial charge in [-0.15, -0.1) is 0 Å². The van der Waals surface area contributed by atoms with Crippen LogP contribution in [0.1, 0.15) is 57.5 Å². The summed E-state index contributed by atoms with van der Waals surface area (Å²) in [5.41, 5.74) is 4.09. The summed E-state index contributed by atoms with van der Waals surface area (Å²) in [7, 11) is 0. The fourth-order valence-electron chi connectivity index (χ4n) is 3.37. The Bertz CT molecular complexity index is 1080. The minimum absolute atomic E-state index is 0.147. The summed E-state index contributed by atoms with van der Waals surface area (Å²) in [5, 5.41) is 7.52. The molecule has 0 aliphatic rings. The van der Waals surface area contributed by atoms with Crippen molar-refractivity contribution >= 4 is 5.91 Å². The molecule has 2 aromatic carbocycles. The van der Waals surface area contributed by atoms with Crippen LogP contribution in [-0.2, 0) is 5.54 Å². The number of amides is 1. The number of benzene rings is 2. The number of halogens is 1. The van der Waals surface area contributed by atoms with E-state index in [2.05, 4.69) is 31.2 Å². The van der Waals surface area contributed by atoms with Gasteiger partial charge in [0.15, 0.2) is 0 Å². The fraction of sp³-hybridized carbons (Fsp3) is 0.360. The summed E-state index contributed by atoms with van der Waals surface area (Å²) in [6.45, 7) is 13.9. The van der Waals surface area contributed by atoms with Crippen molar-refractivity contribution in [2.75, 3.05) is 0 Å². The number of nitrogens with zero attached hydrogens (tertiary/aromatic N) is 2. The van der Waals surface area contributed by atoms with Gasteiger partial charge >= 0.3 is 0 Å². The van der Waals surface area contributed by atoms with E-state index in [1.54, 1.807) is 25.3 Å². The molecule has 0 atom stereocenters. The van der Waals surface area contributed by atoms with Crippen LogP contribution in [0.2, 0.25) is 0 Å². The normalized spacial score (nSPS) is 12.1. The van der Waals surface area contributed by atoms with Gasteiger partial charge in [-0.1, -0.05) is 6.07 Å². The van der Waals surface area contributed by atoms with E-state index in [4.69, 9.17) is 0 Å². The topological polar surface area (TPSA) is 46.9 Å². The Morgan fingerprint density at radius 2 is 1.60 bits per heavy atom. The van der Waals surface area contributed by atoms with Crippen LogP contribution in [0, 0.1) is 12.7 Å². The lowest BCUT2D eigenvalue weighted by molar-refractivity contribution is 0.0919. The van der Waals surface area contributed by atoms with Gasteiger partial charge in [-0.2, -0.15) is 5.10 Å². The summed E-state index contributed by atoms with van der Waals surface area (Å²) < 4.78 is 15.8. The zero-order chi connectivity index (χ0) is 22.3. The first-order valence-electron chi connectivity index (χ1n) is 10.1. The Hall–Kier alpha value is -2.95. The molecule has 0 aliphatic carbocycles. The van der Waals surface area contributed by atoms with Gasteiger partial charge in [0.25, 0.3) is 5.91 Å². The summed E-state index contributed by atoms with van der Waals surface area (Å²) in [5.74, 6) is -0.391. The molecule has 30 heavy (non-hydrogen) atoms. The van der Waals surface area contributed by atoms with E-state index in [9.17, 15) is 9.18 Å². The number of hydrogen-bond acceptors (Lipinski definition) is 2. The highest BCUT2D eigenvalue weighted by atomic mass is 19.1. The van der Waals surface area contributed by atoms with Crippen molar-refractivity contribution < 1.29 is 9.18 Å². The maximum absolute atomic E-state index is 13.8. The number of carbonyl (C=O) groups excluding carboxylic acids is 1. The maximum atomic E-state index is 13.8. The second-order valence-electron chi connectivity index (χ2n) is 9.77. The molecule has 3 rings (SSSR count). The van der Waals surface area contributed by atoms with Gasteiger partial charge in [-0.25, -0.2) is 4.39 Å². The first kappa shape index (κ1) is 21.8. The van der Waals surface area contributed by atoms with Crippen LogP contribution in [0.4, 0.5) is 4.39 Å². The number of hydrogen-bond donors (Lipinski definition) is 1.